The maximum atomic E-state index is 13.8. The van der Waals surface area contributed by atoms with Crippen molar-refractivity contribution in [2.45, 2.75) is 6.42 Å². The summed E-state index contributed by atoms with van der Waals surface area (Å²) in [4.78, 5) is 33.6. The molecule has 1 fully saturated rings. The van der Waals surface area contributed by atoms with Crippen molar-refractivity contribution in [2.75, 3.05) is 11.4 Å². The first-order valence-electron chi connectivity index (χ1n) is 5.48. The number of nitrogens with zero attached hydrogens (tertiary/aromatic N) is 2. The van der Waals surface area contributed by atoms with E-state index in [1.165, 1.54) is 12.1 Å². The molecule has 0 aromatic heterocycles. The molecule has 7 nitrogen and oxygen atoms in total. The summed E-state index contributed by atoms with van der Waals surface area (Å²) in [6.45, 7) is -0.212. The van der Waals surface area contributed by atoms with Crippen molar-refractivity contribution < 1.29 is 24.0 Å². The van der Waals surface area contributed by atoms with Gasteiger partial charge >= 0.3 is 11.7 Å². The number of nitro benzene ring substituents is 1. The van der Waals surface area contributed by atoms with Crippen LogP contribution in [0.3, 0.4) is 0 Å². The quantitative estimate of drug-likeness (QED) is 0.665. The van der Waals surface area contributed by atoms with Crippen molar-refractivity contribution in [3.8, 4) is 0 Å². The van der Waals surface area contributed by atoms with E-state index in [0.29, 0.717) is 0 Å². The Bertz CT molecular complexity index is 621. The molecule has 0 bridgehead atoms. The number of carbonyl (C=O) groups excluding carboxylic acids is 1. The van der Waals surface area contributed by atoms with Gasteiger partial charge in [0.05, 0.1) is 15.3 Å². The van der Waals surface area contributed by atoms with E-state index >= 15 is 0 Å². The highest BCUT2D eigenvalue weighted by molar-refractivity contribution is 9.10. The van der Waals surface area contributed by atoms with Crippen LogP contribution in [0.2, 0.25) is 0 Å². The minimum Gasteiger partial charge on any atom is -0.481 e. The minimum atomic E-state index is -1.17. The molecule has 20 heavy (non-hydrogen) atoms. The summed E-state index contributed by atoms with van der Waals surface area (Å²) in [5.74, 6) is -3.80. The first-order valence-corrected chi connectivity index (χ1v) is 6.27. The Morgan fingerprint density at radius 3 is 2.70 bits per heavy atom. The van der Waals surface area contributed by atoms with E-state index in [1.54, 1.807) is 0 Å². The average Bonchev–Trinajstić information content (AvgIpc) is 2.74. The second kappa shape index (κ2) is 5.16. The summed E-state index contributed by atoms with van der Waals surface area (Å²) in [7, 11) is 0. The van der Waals surface area contributed by atoms with Gasteiger partial charge in [-0.15, -0.1) is 0 Å². The van der Waals surface area contributed by atoms with Gasteiger partial charge in [0.15, 0.2) is 0 Å². The zero-order chi connectivity index (χ0) is 15.0. The number of nitro groups is 1. The van der Waals surface area contributed by atoms with E-state index in [9.17, 15) is 24.1 Å². The van der Waals surface area contributed by atoms with Gasteiger partial charge in [-0.2, -0.15) is 4.39 Å². The molecule has 1 amide bonds. The standard InChI is InChI=1S/C11H8BrFN2O5/c12-6-1-2-7(10(9(6)13)15(19)20)14-4-5(11(17)18)3-8(14)16/h1-2,5H,3-4H2,(H,17,18). The van der Waals surface area contributed by atoms with Gasteiger partial charge in [0, 0.05) is 13.0 Å². The van der Waals surface area contributed by atoms with E-state index in [0.717, 1.165) is 4.90 Å². The van der Waals surface area contributed by atoms with Gasteiger partial charge in [-0.25, -0.2) is 0 Å². The van der Waals surface area contributed by atoms with Crippen LogP contribution in [-0.4, -0.2) is 28.5 Å². The maximum Gasteiger partial charge on any atom is 0.329 e. The van der Waals surface area contributed by atoms with Gasteiger partial charge < -0.3 is 10.0 Å². The van der Waals surface area contributed by atoms with Crippen molar-refractivity contribution in [2.24, 2.45) is 5.92 Å². The molecular formula is C11H8BrFN2O5. The van der Waals surface area contributed by atoms with Crippen molar-refractivity contribution in [1.29, 1.82) is 0 Å². The molecule has 0 saturated carbocycles. The molecule has 1 saturated heterocycles. The molecule has 2 rings (SSSR count). The number of hydrogen-bond acceptors (Lipinski definition) is 4. The number of anilines is 1. The third-order valence-electron chi connectivity index (χ3n) is 3.00. The lowest BCUT2D eigenvalue weighted by Crippen LogP contribution is -2.26. The SMILES string of the molecule is O=C(O)C1CC(=O)N(c2ccc(Br)c(F)c2[N+](=O)[O-])C1. The van der Waals surface area contributed by atoms with Crippen LogP contribution in [0.1, 0.15) is 6.42 Å². The molecule has 0 spiro atoms. The number of carboxylic acids is 1. The smallest absolute Gasteiger partial charge is 0.329 e. The molecule has 9 heteroatoms. The Kier molecular flexibility index (Phi) is 3.71. The minimum absolute atomic E-state index is 0.102. The molecule has 0 aliphatic carbocycles. The van der Waals surface area contributed by atoms with Crippen molar-refractivity contribution in [1.82, 2.24) is 0 Å². The van der Waals surface area contributed by atoms with E-state index in [1.807, 2.05) is 0 Å². The lowest BCUT2D eigenvalue weighted by molar-refractivity contribution is -0.386. The van der Waals surface area contributed by atoms with Crippen LogP contribution in [0, 0.1) is 21.8 Å². The summed E-state index contributed by atoms with van der Waals surface area (Å²) in [5.41, 5.74) is -1.08. The molecule has 1 N–H and O–H groups in total. The van der Waals surface area contributed by atoms with Crippen molar-refractivity contribution in [3.05, 3.63) is 32.5 Å². The lowest BCUT2D eigenvalue weighted by atomic mass is 10.1. The summed E-state index contributed by atoms with van der Waals surface area (Å²) in [6, 6.07) is 2.45. The Morgan fingerprint density at radius 1 is 1.55 bits per heavy atom. The third kappa shape index (κ3) is 2.36. The van der Waals surface area contributed by atoms with E-state index < -0.39 is 34.2 Å². The molecule has 1 aliphatic heterocycles. The fourth-order valence-electron chi connectivity index (χ4n) is 2.03. The zero-order valence-electron chi connectivity index (χ0n) is 9.88. The largest absolute Gasteiger partial charge is 0.481 e. The number of carbonyl (C=O) groups is 2. The summed E-state index contributed by atoms with van der Waals surface area (Å²) >= 11 is 2.83. The number of carboxylic acid groups (broad SMARTS) is 1. The number of halogens is 2. The van der Waals surface area contributed by atoms with E-state index in [2.05, 4.69) is 15.9 Å². The van der Waals surface area contributed by atoms with Gasteiger partial charge in [-0.3, -0.25) is 19.7 Å². The molecule has 106 valence electrons. The lowest BCUT2D eigenvalue weighted by Gasteiger charge is -2.16. The van der Waals surface area contributed by atoms with Crippen LogP contribution in [0.25, 0.3) is 0 Å². The molecule has 1 aromatic carbocycles. The number of amides is 1. The number of aliphatic carboxylic acids is 1. The van der Waals surface area contributed by atoms with Gasteiger partial charge in [0.2, 0.25) is 11.7 Å². The number of rotatable bonds is 3. The molecule has 1 heterocycles. The van der Waals surface area contributed by atoms with Crippen LogP contribution >= 0.6 is 15.9 Å². The predicted molar refractivity (Wildman–Crippen MR) is 68.9 cm³/mol. The van der Waals surface area contributed by atoms with E-state index in [4.69, 9.17) is 5.11 Å². The summed E-state index contributed by atoms with van der Waals surface area (Å²) in [6.07, 6.45) is -0.260. The topological polar surface area (TPSA) is 101 Å². The molecule has 1 aliphatic rings. The highest BCUT2D eigenvalue weighted by atomic mass is 79.9. The molecule has 1 unspecified atom stereocenters. The second-order valence-electron chi connectivity index (χ2n) is 4.23. The maximum absolute atomic E-state index is 13.8. The number of benzene rings is 1. The fraction of sp³-hybridized carbons (Fsp3) is 0.273. The molecular weight excluding hydrogens is 339 g/mol. The highest BCUT2D eigenvalue weighted by Crippen LogP contribution is 2.37. The first kappa shape index (κ1) is 14.4. The summed E-state index contributed by atoms with van der Waals surface area (Å²) < 4.78 is 13.7. The van der Waals surface area contributed by atoms with Gasteiger partial charge in [-0.1, -0.05) is 0 Å². The number of hydrogen-bond donors (Lipinski definition) is 1. The fourth-order valence-corrected chi connectivity index (χ4v) is 2.35. The molecule has 1 aromatic rings. The van der Waals surface area contributed by atoms with E-state index in [-0.39, 0.29) is 23.1 Å². The van der Waals surface area contributed by atoms with Crippen LogP contribution in [0.5, 0.6) is 0 Å². The zero-order valence-corrected chi connectivity index (χ0v) is 11.5. The second-order valence-corrected chi connectivity index (χ2v) is 5.08. The average molecular weight is 347 g/mol. The Labute approximate surface area is 120 Å². The highest BCUT2D eigenvalue weighted by Gasteiger charge is 2.39. The third-order valence-corrected chi connectivity index (χ3v) is 3.61. The van der Waals surface area contributed by atoms with Crippen molar-refractivity contribution >= 4 is 39.2 Å². The monoisotopic (exact) mass is 346 g/mol. The van der Waals surface area contributed by atoms with Gasteiger partial charge in [0.1, 0.15) is 5.69 Å². The normalized spacial score (nSPS) is 18.4. The predicted octanol–water partition coefficient (Wildman–Crippen LogP) is 1.93. The Morgan fingerprint density at radius 2 is 2.20 bits per heavy atom. The summed E-state index contributed by atoms with van der Waals surface area (Å²) in [5, 5.41) is 19.8. The molecule has 0 radical (unpaired) electrons. The Hall–Kier alpha value is -2.03. The van der Waals surface area contributed by atoms with Crippen LogP contribution < -0.4 is 4.90 Å². The van der Waals surface area contributed by atoms with Gasteiger partial charge in [-0.05, 0) is 28.1 Å². The van der Waals surface area contributed by atoms with Crippen LogP contribution in [-0.2, 0) is 9.59 Å². The van der Waals surface area contributed by atoms with Crippen LogP contribution in [0.4, 0.5) is 15.8 Å². The molecule has 1 atom stereocenters. The Balaban J connectivity index is 2.49. The van der Waals surface area contributed by atoms with Crippen LogP contribution in [0.15, 0.2) is 16.6 Å². The van der Waals surface area contributed by atoms with Gasteiger partial charge in [0.25, 0.3) is 0 Å². The van der Waals surface area contributed by atoms with Crippen molar-refractivity contribution in [3.63, 3.8) is 0 Å². The first-order chi connectivity index (χ1) is 9.32.